The molecule has 2 fully saturated rings. The summed E-state index contributed by atoms with van der Waals surface area (Å²) in [5, 5.41) is 11.7. The second-order valence-corrected chi connectivity index (χ2v) is 9.97. The van der Waals surface area contributed by atoms with Crippen molar-refractivity contribution in [2.45, 2.75) is 44.4 Å². The van der Waals surface area contributed by atoms with E-state index in [1.165, 1.54) is 22.5 Å². The van der Waals surface area contributed by atoms with Gasteiger partial charge in [0.1, 0.15) is 5.69 Å². The highest BCUT2D eigenvalue weighted by Gasteiger charge is 2.33. The maximum Gasteiger partial charge on any atom is 0.309 e. The monoisotopic (exact) mass is 439 g/mol. The fraction of sp³-hybridized carbons (Fsp3) is 0.650. The number of nitro groups is 1. The molecule has 166 valence electrons. The zero-order valence-electron chi connectivity index (χ0n) is 17.5. The van der Waals surface area contributed by atoms with Gasteiger partial charge in [-0.1, -0.05) is 6.92 Å². The lowest BCUT2D eigenvalue weighted by molar-refractivity contribution is -0.384. The van der Waals surface area contributed by atoms with Crippen LogP contribution in [0.1, 0.15) is 39.5 Å². The first-order valence-corrected chi connectivity index (χ1v) is 11.9. The summed E-state index contributed by atoms with van der Waals surface area (Å²) in [7, 11) is -3.78. The van der Waals surface area contributed by atoms with E-state index in [1.54, 1.807) is 6.92 Å². The normalized spacial score (nSPS) is 21.4. The molecule has 0 radical (unpaired) electrons. The maximum absolute atomic E-state index is 13.0. The van der Waals surface area contributed by atoms with Gasteiger partial charge in [0, 0.05) is 32.2 Å². The van der Waals surface area contributed by atoms with Crippen molar-refractivity contribution in [1.82, 2.24) is 4.31 Å². The number of sulfonamides is 1. The number of hydrogen-bond donors (Lipinski definition) is 0. The highest BCUT2D eigenvalue weighted by molar-refractivity contribution is 7.89. The van der Waals surface area contributed by atoms with Crippen LogP contribution < -0.4 is 4.90 Å². The molecule has 0 amide bonds. The molecule has 2 aliphatic heterocycles. The van der Waals surface area contributed by atoms with Crippen molar-refractivity contribution in [3.05, 3.63) is 28.3 Å². The average Bonchev–Trinajstić information content (AvgIpc) is 2.73. The van der Waals surface area contributed by atoms with Gasteiger partial charge in [-0.15, -0.1) is 0 Å². The number of hydrogen-bond acceptors (Lipinski definition) is 7. The van der Waals surface area contributed by atoms with Crippen molar-refractivity contribution in [2.24, 2.45) is 11.8 Å². The second-order valence-electron chi connectivity index (χ2n) is 8.03. The Hall–Kier alpha value is -2.20. The van der Waals surface area contributed by atoms with Crippen molar-refractivity contribution < 1.29 is 22.9 Å². The van der Waals surface area contributed by atoms with Gasteiger partial charge in [-0.3, -0.25) is 14.9 Å². The molecule has 0 aromatic heterocycles. The van der Waals surface area contributed by atoms with Gasteiger partial charge in [-0.25, -0.2) is 8.42 Å². The Morgan fingerprint density at radius 2 is 1.93 bits per heavy atom. The van der Waals surface area contributed by atoms with Crippen molar-refractivity contribution in [3.63, 3.8) is 0 Å². The van der Waals surface area contributed by atoms with E-state index < -0.39 is 14.9 Å². The lowest BCUT2D eigenvalue weighted by Gasteiger charge is -2.32. The Bertz CT molecular complexity index is 896. The fourth-order valence-electron chi connectivity index (χ4n) is 4.21. The van der Waals surface area contributed by atoms with E-state index in [1.807, 2.05) is 11.8 Å². The molecule has 2 heterocycles. The van der Waals surface area contributed by atoms with Crippen LogP contribution in [-0.4, -0.2) is 56.4 Å². The van der Waals surface area contributed by atoms with E-state index in [2.05, 4.69) is 0 Å². The third kappa shape index (κ3) is 4.75. The standard InChI is InChI=1S/C20H29N3O6S/c1-3-29-20(24)16-8-11-21(12-9-16)18-7-6-17(13-19(18)23(25)26)30(27,28)22-10-4-5-15(2)14-22/h6-7,13,15-16H,3-5,8-12,14H2,1-2H3. The number of carbonyl (C=O) groups is 1. The molecule has 10 heteroatoms. The second kappa shape index (κ2) is 9.30. The van der Waals surface area contributed by atoms with Gasteiger partial charge in [-0.2, -0.15) is 4.31 Å². The van der Waals surface area contributed by atoms with E-state index in [0.29, 0.717) is 51.3 Å². The van der Waals surface area contributed by atoms with Crippen molar-refractivity contribution in [2.75, 3.05) is 37.7 Å². The van der Waals surface area contributed by atoms with Crippen LogP contribution in [0.5, 0.6) is 0 Å². The molecular formula is C20H29N3O6S. The topological polar surface area (TPSA) is 110 Å². The number of benzene rings is 1. The molecule has 0 bridgehead atoms. The molecule has 0 saturated carbocycles. The van der Waals surface area contributed by atoms with Gasteiger partial charge >= 0.3 is 5.97 Å². The third-order valence-electron chi connectivity index (χ3n) is 5.86. The molecule has 0 aliphatic carbocycles. The van der Waals surface area contributed by atoms with Gasteiger partial charge in [0.05, 0.1) is 22.3 Å². The summed E-state index contributed by atoms with van der Waals surface area (Å²) in [5.74, 6) is -0.173. The zero-order chi connectivity index (χ0) is 21.9. The molecular weight excluding hydrogens is 410 g/mol. The molecule has 2 aliphatic rings. The Balaban J connectivity index is 1.81. The van der Waals surface area contributed by atoms with Crippen LogP contribution in [-0.2, 0) is 19.6 Å². The van der Waals surface area contributed by atoms with Crippen LogP contribution in [0.4, 0.5) is 11.4 Å². The summed E-state index contributed by atoms with van der Waals surface area (Å²) in [6.07, 6.45) is 2.85. The van der Waals surface area contributed by atoms with E-state index in [0.717, 1.165) is 12.8 Å². The highest BCUT2D eigenvalue weighted by atomic mass is 32.2. The summed E-state index contributed by atoms with van der Waals surface area (Å²) >= 11 is 0. The van der Waals surface area contributed by atoms with Gasteiger partial charge < -0.3 is 9.64 Å². The van der Waals surface area contributed by atoms with Gasteiger partial charge in [-0.05, 0) is 50.7 Å². The first kappa shape index (κ1) is 22.5. The van der Waals surface area contributed by atoms with Crippen LogP contribution in [0, 0.1) is 22.0 Å². The maximum atomic E-state index is 13.0. The number of nitro benzene ring substituents is 1. The Morgan fingerprint density at radius 3 is 2.53 bits per heavy atom. The zero-order valence-corrected chi connectivity index (χ0v) is 18.3. The number of ether oxygens (including phenoxy) is 1. The number of rotatable bonds is 6. The first-order valence-electron chi connectivity index (χ1n) is 10.4. The molecule has 0 spiro atoms. The highest BCUT2D eigenvalue weighted by Crippen LogP contribution is 2.35. The summed E-state index contributed by atoms with van der Waals surface area (Å²) in [6, 6.07) is 4.14. The van der Waals surface area contributed by atoms with E-state index >= 15 is 0 Å². The molecule has 0 N–H and O–H groups in total. The molecule has 9 nitrogen and oxygen atoms in total. The summed E-state index contributed by atoms with van der Waals surface area (Å²) in [6.45, 7) is 5.91. The minimum Gasteiger partial charge on any atom is -0.466 e. The minimum absolute atomic E-state index is 0.0477. The SMILES string of the molecule is CCOC(=O)C1CCN(c2ccc(S(=O)(=O)N3CCCC(C)C3)cc2[N+](=O)[O-])CC1. The number of piperidine rings is 2. The molecule has 1 atom stereocenters. The Morgan fingerprint density at radius 1 is 1.23 bits per heavy atom. The largest absolute Gasteiger partial charge is 0.466 e. The number of carbonyl (C=O) groups excluding carboxylic acids is 1. The third-order valence-corrected chi connectivity index (χ3v) is 7.72. The minimum atomic E-state index is -3.78. The lowest BCUT2D eigenvalue weighted by Crippen LogP contribution is -2.39. The van der Waals surface area contributed by atoms with Crippen molar-refractivity contribution in [3.8, 4) is 0 Å². The van der Waals surface area contributed by atoms with E-state index in [4.69, 9.17) is 4.74 Å². The molecule has 2 saturated heterocycles. The van der Waals surface area contributed by atoms with Gasteiger partial charge in [0.25, 0.3) is 5.69 Å². The first-order chi connectivity index (χ1) is 14.2. The smallest absolute Gasteiger partial charge is 0.309 e. The van der Waals surface area contributed by atoms with Crippen molar-refractivity contribution in [1.29, 1.82) is 0 Å². The number of nitrogens with zero attached hydrogens (tertiary/aromatic N) is 3. The van der Waals surface area contributed by atoms with Crippen LogP contribution >= 0.6 is 0 Å². The summed E-state index contributed by atoms with van der Waals surface area (Å²) in [4.78, 5) is 24.9. The lowest BCUT2D eigenvalue weighted by atomic mass is 9.96. The average molecular weight is 440 g/mol. The number of anilines is 1. The van der Waals surface area contributed by atoms with Crippen LogP contribution in [0.3, 0.4) is 0 Å². The predicted octanol–water partition coefficient (Wildman–Crippen LogP) is 2.79. The fourth-order valence-corrected chi connectivity index (χ4v) is 5.83. The quantitative estimate of drug-likeness (QED) is 0.381. The molecule has 1 aromatic carbocycles. The molecule has 1 unspecified atom stereocenters. The number of esters is 1. The van der Waals surface area contributed by atoms with Crippen LogP contribution in [0.15, 0.2) is 23.1 Å². The van der Waals surface area contributed by atoms with Crippen LogP contribution in [0.2, 0.25) is 0 Å². The molecule has 1 aromatic rings. The summed E-state index contributed by atoms with van der Waals surface area (Å²) in [5.41, 5.74) is 0.156. The molecule has 30 heavy (non-hydrogen) atoms. The predicted molar refractivity (Wildman–Crippen MR) is 112 cm³/mol. The Labute approximate surface area is 177 Å². The molecule has 3 rings (SSSR count). The van der Waals surface area contributed by atoms with Gasteiger partial charge in [0.15, 0.2) is 0 Å². The van der Waals surface area contributed by atoms with Crippen LogP contribution in [0.25, 0.3) is 0 Å². The van der Waals surface area contributed by atoms with Gasteiger partial charge in [0.2, 0.25) is 10.0 Å². The Kier molecular flexibility index (Phi) is 6.97. The van der Waals surface area contributed by atoms with E-state index in [9.17, 15) is 23.3 Å². The van der Waals surface area contributed by atoms with E-state index in [-0.39, 0.29) is 28.4 Å². The van der Waals surface area contributed by atoms with Crippen molar-refractivity contribution >= 4 is 27.4 Å². The summed E-state index contributed by atoms with van der Waals surface area (Å²) < 4.78 is 32.5.